The van der Waals surface area contributed by atoms with Gasteiger partial charge in [-0.25, -0.2) is 23.8 Å². The summed E-state index contributed by atoms with van der Waals surface area (Å²) in [6, 6.07) is 15.4. The first-order valence-corrected chi connectivity index (χ1v) is 16.1. The highest BCUT2D eigenvalue weighted by atomic mass is 19.1. The molecule has 2 fully saturated rings. The number of fused-ring (bicyclic) bond motifs is 1. The summed E-state index contributed by atoms with van der Waals surface area (Å²) in [5, 5.41) is 15.3. The van der Waals surface area contributed by atoms with E-state index in [1.54, 1.807) is 44.8 Å². The number of halogens is 1. The van der Waals surface area contributed by atoms with Crippen LogP contribution >= 0.6 is 0 Å². The summed E-state index contributed by atoms with van der Waals surface area (Å²) in [6.07, 6.45) is 4.00. The van der Waals surface area contributed by atoms with Crippen LogP contribution in [0.2, 0.25) is 0 Å². The van der Waals surface area contributed by atoms with Crippen molar-refractivity contribution < 1.29 is 23.5 Å². The number of benzene rings is 2. The maximum Gasteiger partial charge on any atom is 0.409 e. The molecule has 0 radical (unpaired) electrons. The van der Waals surface area contributed by atoms with Crippen LogP contribution in [0.1, 0.15) is 32.7 Å². The first kappa shape index (κ1) is 33.4. The Bertz CT molecular complexity index is 1930. The quantitative estimate of drug-likeness (QED) is 0.215. The number of nitrogens with two attached hydrogens (primary N) is 1. The molecule has 254 valence electrons. The predicted octanol–water partition coefficient (Wildman–Crippen LogP) is 4.78. The molecule has 4 aromatic rings. The number of likely N-dealkylation sites (tertiary alicyclic amines) is 1. The van der Waals surface area contributed by atoms with Gasteiger partial charge in [-0.15, -0.1) is 0 Å². The molecule has 49 heavy (non-hydrogen) atoms. The molecule has 6 rings (SSSR count). The van der Waals surface area contributed by atoms with Crippen LogP contribution in [0.5, 0.6) is 11.5 Å². The van der Waals surface area contributed by atoms with Gasteiger partial charge in [0.25, 0.3) is 5.91 Å². The third-order valence-electron chi connectivity index (χ3n) is 9.10. The van der Waals surface area contributed by atoms with Crippen molar-refractivity contribution in [2.24, 2.45) is 0 Å². The summed E-state index contributed by atoms with van der Waals surface area (Å²) < 4.78 is 28.0. The van der Waals surface area contributed by atoms with E-state index in [0.717, 1.165) is 0 Å². The Balaban J connectivity index is 1.23. The number of anilines is 1. The van der Waals surface area contributed by atoms with Gasteiger partial charge in [-0.1, -0.05) is 18.2 Å². The molecule has 0 aliphatic carbocycles. The fourth-order valence-corrected chi connectivity index (χ4v) is 6.50. The van der Waals surface area contributed by atoms with E-state index in [9.17, 15) is 14.9 Å². The van der Waals surface area contributed by atoms with Gasteiger partial charge in [0.2, 0.25) is 0 Å². The van der Waals surface area contributed by atoms with Crippen molar-refractivity contribution in [1.29, 1.82) is 5.26 Å². The average Bonchev–Trinajstić information content (AvgIpc) is 3.51. The van der Waals surface area contributed by atoms with Crippen LogP contribution in [0.25, 0.3) is 22.3 Å². The topological polar surface area (TPSA) is 156 Å². The third-order valence-corrected chi connectivity index (χ3v) is 9.10. The number of hydrogen-bond acceptors (Lipinski definition) is 10. The first-order chi connectivity index (χ1) is 23.6. The molecule has 2 N–H and O–H groups in total. The van der Waals surface area contributed by atoms with Crippen molar-refractivity contribution in [2.75, 3.05) is 52.1 Å². The number of piperazine rings is 1. The summed E-state index contributed by atoms with van der Waals surface area (Å²) in [7, 11) is 1.36. The minimum atomic E-state index is -0.620. The number of rotatable bonds is 7. The lowest BCUT2D eigenvalue weighted by atomic mass is 9.96. The average molecular weight is 668 g/mol. The minimum absolute atomic E-state index is 0.0403. The molecule has 0 bridgehead atoms. The number of piperidine rings is 1. The second kappa shape index (κ2) is 13.9. The van der Waals surface area contributed by atoms with Crippen molar-refractivity contribution in [3.05, 3.63) is 72.3 Å². The highest BCUT2D eigenvalue weighted by Crippen LogP contribution is 2.36. The molecule has 0 spiro atoms. The predicted molar refractivity (Wildman–Crippen MR) is 180 cm³/mol. The van der Waals surface area contributed by atoms with Crippen LogP contribution in [0.15, 0.2) is 66.5 Å². The summed E-state index contributed by atoms with van der Waals surface area (Å²) in [5.74, 6) is 0.134. The fourth-order valence-electron chi connectivity index (χ4n) is 6.50. The third kappa shape index (κ3) is 6.88. The van der Waals surface area contributed by atoms with E-state index in [-0.39, 0.29) is 47.2 Å². The van der Waals surface area contributed by atoms with Crippen LogP contribution < -0.4 is 10.5 Å². The molecular formula is C35H38FN9O4. The van der Waals surface area contributed by atoms with E-state index in [2.05, 4.69) is 20.9 Å². The monoisotopic (exact) mass is 667 g/mol. The molecule has 4 heterocycles. The van der Waals surface area contributed by atoms with Crippen molar-refractivity contribution in [3.8, 4) is 28.8 Å². The molecule has 1 atom stereocenters. The van der Waals surface area contributed by atoms with Gasteiger partial charge in [0, 0.05) is 56.4 Å². The molecule has 1 unspecified atom stereocenters. The number of hydrogen-bond donors (Lipinski definition) is 1. The van der Waals surface area contributed by atoms with Gasteiger partial charge in [0.05, 0.1) is 18.5 Å². The second-order valence-corrected chi connectivity index (χ2v) is 12.6. The molecule has 13 nitrogen and oxygen atoms in total. The van der Waals surface area contributed by atoms with Crippen molar-refractivity contribution in [1.82, 2.24) is 34.4 Å². The van der Waals surface area contributed by atoms with Crippen molar-refractivity contribution in [3.63, 3.8) is 0 Å². The summed E-state index contributed by atoms with van der Waals surface area (Å²) in [6.45, 7) is 6.74. The van der Waals surface area contributed by atoms with Gasteiger partial charge < -0.3 is 25.0 Å². The zero-order valence-electron chi connectivity index (χ0n) is 27.7. The van der Waals surface area contributed by atoms with E-state index in [0.29, 0.717) is 68.1 Å². The smallest absolute Gasteiger partial charge is 0.409 e. The first-order valence-electron chi connectivity index (χ1n) is 16.1. The van der Waals surface area contributed by atoms with E-state index in [1.807, 2.05) is 32.0 Å². The molecule has 2 amide bonds. The Hall–Kier alpha value is -5.55. The number of amides is 2. The number of nitriles is 1. The number of nitrogens with zero attached hydrogens (tertiary/aromatic N) is 8. The number of nitrogen functional groups attached to an aromatic ring is 1. The van der Waals surface area contributed by atoms with Crippen LogP contribution in [0, 0.1) is 17.1 Å². The highest BCUT2D eigenvalue weighted by molar-refractivity contribution is 5.99. The molecule has 0 saturated carbocycles. The lowest BCUT2D eigenvalue weighted by Gasteiger charge is -2.42. The van der Waals surface area contributed by atoms with E-state index >= 15 is 4.39 Å². The Kier molecular flexibility index (Phi) is 9.46. The largest absolute Gasteiger partial charge is 0.457 e. The van der Waals surface area contributed by atoms with E-state index in [1.165, 1.54) is 19.5 Å². The summed E-state index contributed by atoms with van der Waals surface area (Å²) in [5.41, 5.74) is 6.65. The number of ether oxygens (including phenoxy) is 2. The van der Waals surface area contributed by atoms with Crippen LogP contribution in [0.4, 0.5) is 15.0 Å². The van der Waals surface area contributed by atoms with Gasteiger partial charge >= 0.3 is 6.09 Å². The molecule has 2 saturated heterocycles. The Labute approximate surface area is 283 Å². The standard InChI is InChI=1S/C35H38FN9O4/c1-35(2,44-16-14-42(15-17-44)34(47)48-3)19-23(20-37)33(46)43-13-7-8-24(21-43)45-32-29(31(38)39-22-40-32)30(41-45)27-12-11-26(18-28(27)36)49-25-9-5-4-6-10-25/h4-6,9-12,18-19,22,24H,7-8,13-17,21H2,1-3H3,(H2,38,39,40)/b23-19+. The van der Waals surface area contributed by atoms with Gasteiger partial charge in [-0.2, -0.15) is 10.4 Å². The van der Waals surface area contributed by atoms with E-state index in [4.69, 9.17) is 20.3 Å². The van der Waals surface area contributed by atoms with E-state index < -0.39 is 11.4 Å². The number of aromatic nitrogens is 4. The van der Waals surface area contributed by atoms with Gasteiger partial charge in [-0.05, 0) is 57.0 Å². The maximum atomic E-state index is 15.7. The normalized spacial score (nSPS) is 17.5. The zero-order valence-corrected chi connectivity index (χ0v) is 27.7. The molecular weight excluding hydrogens is 629 g/mol. The van der Waals surface area contributed by atoms with Crippen LogP contribution in [0.3, 0.4) is 0 Å². The lowest BCUT2D eigenvalue weighted by Crippen LogP contribution is -2.55. The Morgan fingerprint density at radius 1 is 1.04 bits per heavy atom. The zero-order chi connectivity index (χ0) is 34.7. The second-order valence-electron chi connectivity index (χ2n) is 12.6. The lowest BCUT2D eigenvalue weighted by molar-refractivity contribution is -0.128. The molecule has 2 aliphatic rings. The number of carbonyl (C=O) groups is 2. The SMILES string of the molecule is COC(=O)N1CCN(C(C)(C)/C=C(\C#N)C(=O)N2CCCC(n3nc(-c4ccc(Oc5ccccc5)cc4F)c4c(N)ncnc43)C2)CC1. The molecule has 2 aromatic carbocycles. The number of methoxy groups -OCH3 is 1. The summed E-state index contributed by atoms with van der Waals surface area (Å²) >= 11 is 0. The summed E-state index contributed by atoms with van der Waals surface area (Å²) in [4.78, 5) is 39.8. The molecule has 14 heteroatoms. The van der Waals surface area contributed by atoms with Gasteiger partial charge in [0.15, 0.2) is 5.65 Å². The Morgan fingerprint density at radius 3 is 2.49 bits per heavy atom. The number of para-hydroxylation sites is 1. The maximum absolute atomic E-state index is 15.7. The van der Waals surface area contributed by atoms with Crippen LogP contribution in [-0.4, -0.2) is 98.4 Å². The minimum Gasteiger partial charge on any atom is -0.457 e. The fraction of sp³-hybridized carbons (Fsp3) is 0.371. The molecule has 2 aromatic heterocycles. The van der Waals surface area contributed by atoms with Crippen molar-refractivity contribution >= 4 is 28.9 Å². The highest BCUT2D eigenvalue weighted by Gasteiger charge is 2.34. The van der Waals surface area contributed by atoms with Crippen LogP contribution in [-0.2, 0) is 9.53 Å². The van der Waals surface area contributed by atoms with Gasteiger partial charge in [0.1, 0.15) is 46.8 Å². The van der Waals surface area contributed by atoms with Crippen molar-refractivity contribution in [2.45, 2.75) is 38.3 Å². The number of carbonyl (C=O) groups excluding carboxylic acids is 2. The molecule has 2 aliphatic heterocycles. The van der Waals surface area contributed by atoms with Gasteiger partial charge in [-0.3, -0.25) is 9.69 Å². The Morgan fingerprint density at radius 2 is 1.80 bits per heavy atom.